The molecular weight excluding hydrogens is 370 g/mol. The van der Waals surface area contributed by atoms with Crippen molar-refractivity contribution >= 4 is 33.0 Å². The molecule has 6 nitrogen and oxygen atoms in total. The van der Waals surface area contributed by atoms with Gasteiger partial charge in [-0.3, -0.25) is 0 Å². The minimum atomic E-state index is -3.40. The molecule has 0 spiro atoms. The summed E-state index contributed by atoms with van der Waals surface area (Å²) >= 11 is 5.55. The van der Waals surface area contributed by atoms with Gasteiger partial charge in [0, 0.05) is 18.8 Å². The fraction of sp³-hybridized carbons (Fsp3) is 0.611. The summed E-state index contributed by atoms with van der Waals surface area (Å²) in [4.78, 5) is 2.47. The van der Waals surface area contributed by atoms with Gasteiger partial charge in [0.15, 0.2) is 5.11 Å². The molecule has 0 bridgehead atoms. The van der Waals surface area contributed by atoms with Crippen LogP contribution < -0.4 is 5.32 Å². The average molecular weight is 398 g/mol. The first-order chi connectivity index (χ1) is 12.4. The van der Waals surface area contributed by atoms with Crippen molar-refractivity contribution < 1.29 is 13.2 Å². The summed E-state index contributed by atoms with van der Waals surface area (Å²) in [7, 11) is -3.40. The SMILES string of the molecule is CC1COCC(C)N1C(=S)Nc1ccc(S(=O)(=O)N2CCCCC2)cc1. The molecule has 1 N–H and O–H groups in total. The molecule has 2 aliphatic rings. The number of hydrogen-bond acceptors (Lipinski definition) is 4. The maximum Gasteiger partial charge on any atom is 0.243 e. The van der Waals surface area contributed by atoms with Crippen LogP contribution in [0, 0.1) is 0 Å². The van der Waals surface area contributed by atoms with Gasteiger partial charge in [0.1, 0.15) is 0 Å². The lowest BCUT2D eigenvalue weighted by Gasteiger charge is -2.40. The number of anilines is 1. The Morgan fingerprint density at radius 1 is 1.08 bits per heavy atom. The molecule has 26 heavy (non-hydrogen) atoms. The molecule has 2 aliphatic heterocycles. The zero-order valence-corrected chi connectivity index (χ0v) is 17.0. The van der Waals surface area contributed by atoms with Crippen molar-refractivity contribution in [2.75, 3.05) is 31.6 Å². The first-order valence-electron chi connectivity index (χ1n) is 9.17. The van der Waals surface area contributed by atoms with E-state index in [0.717, 1.165) is 24.9 Å². The molecule has 0 amide bonds. The second-order valence-electron chi connectivity index (χ2n) is 7.06. The molecule has 144 valence electrons. The fourth-order valence-corrected chi connectivity index (χ4v) is 5.55. The number of nitrogens with one attached hydrogen (secondary N) is 1. The Hall–Kier alpha value is -1.22. The van der Waals surface area contributed by atoms with Gasteiger partial charge in [0.2, 0.25) is 10.0 Å². The van der Waals surface area contributed by atoms with Gasteiger partial charge in [-0.25, -0.2) is 8.42 Å². The topological polar surface area (TPSA) is 61.9 Å². The van der Waals surface area contributed by atoms with Gasteiger partial charge in [-0.05, 0) is 63.2 Å². The van der Waals surface area contributed by atoms with Crippen molar-refractivity contribution in [2.24, 2.45) is 0 Å². The number of piperidine rings is 1. The minimum Gasteiger partial charge on any atom is -0.377 e. The Morgan fingerprint density at radius 3 is 2.23 bits per heavy atom. The van der Waals surface area contributed by atoms with Crippen LogP contribution in [0.4, 0.5) is 5.69 Å². The molecule has 0 aromatic heterocycles. The highest BCUT2D eigenvalue weighted by Crippen LogP contribution is 2.23. The van der Waals surface area contributed by atoms with Crippen LogP contribution >= 0.6 is 12.2 Å². The Morgan fingerprint density at radius 2 is 1.65 bits per heavy atom. The lowest BCUT2D eigenvalue weighted by Crippen LogP contribution is -2.53. The van der Waals surface area contributed by atoms with Crippen LogP contribution in [0.15, 0.2) is 29.2 Å². The number of nitrogens with zero attached hydrogens (tertiary/aromatic N) is 2. The zero-order chi connectivity index (χ0) is 18.7. The fourth-order valence-electron chi connectivity index (χ4n) is 3.56. The quantitative estimate of drug-likeness (QED) is 0.792. The number of morpholine rings is 1. The molecule has 2 heterocycles. The molecule has 2 saturated heterocycles. The third-order valence-electron chi connectivity index (χ3n) is 4.96. The highest BCUT2D eigenvalue weighted by molar-refractivity contribution is 7.89. The summed E-state index contributed by atoms with van der Waals surface area (Å²) in [6, 6.07) is 7.27. The maximum absolute atomic E-state index is 12.7. The smallest absolute Gasteiger partial charge is 0.243 e. The van der Waals surface area contributed by atoms with E-state index in [0.29, 0.717) is 36.3 Å². The molecular formula is C18H27N3O3S2. The van der Waals surface area contributed by atoms with E-state index in [-0.39, 0.29) is 12.1 Å². The van der Waals surface area contributed by atoms with Crippen molar-refractivity contribution in [1.82, 2.24) is 9.21 Å². The van der Waals surface area contributed by atoms with Gasteiger partial charge in [-0.2, -0.15) is 4.31 Å². The molecule has 2 atom stereocenters. The number of benzene rings is 1. The van der Waals surface area contributed by atoms with Gasteiger partial charge >= 0.3 is 0 Å². The summed E-state index contributed by atoms with van der Waals surface area (Å²) in [5.74, 6) is 0. The van der Waals surface area contributed by atoms with Crippen molar-refractivity contribution in [2.45, 2.75) is 50.1 Å². The van der Waals surface area contributed by atoms with Crippen LogP contribution in [0.1, 0.15) is 33.1 Å². The Labute approximate surface area is 161 Å². The van der Waals surface area contributed by atoms with Crippen molar-refractivity contribution in [3.05, 3.63) is 24.3 Å². The van der Waals surface area contributed by atoms with E-state index in [9.17, 15) is 8.42 Å². The summed E-state index contributed by atoms with van der Waals surface area (Å²) in [6.07, 6.45) is 2.97. The number of thiocarbonyl (C=S) groups is 1. The monoisotopic (exact) mass is 397 g/mol. The average Bonchev–Trinajstić information content (AvgIpc) is 2.63. The Bertz CT molecular complexity index is 721. The first kappa shape index (κ1) is 19.5. The highest BCUT2D eigenvalue weighted by atomic mass is 32.2. The maximum atomic E-state index is 12.7. The minimum absolute atomic E-state index is 0.206. The first-order valence-corrected chi connectivity index (χ1v) is 11.0. The normalized spacial score (nSPS) is 25.1. The number of sulfonamides is 1. The summed E-state index contributed by atoms with van der Waals surface area (Å²) in [5.41, 5.74) is 0.790. The van der Waals surface area contributed by atoms with E-state index in [4.69, 9.17) is 17.0 Å². The molecule has 0 saturated carbocycles. The second kappa shape index (κ2) is 8.21. The largest absolute Gasteiger partial charge is 0.377 e. The molecule has 3 rings (SSSR count). The molecule has 1 aromatic rings. The number of rotatable bonds is 3. The van der Waals surface area contributed by atoms with Gasteiger partial charge in [0.05, 0.1) is 30.2 Å². The van der Waals surface area contributed by atoms with Gasteiger partial charge in [-0.1, -0.05) is 6.42 Å². The summed E-state index contributed by atoms with van der Waals surface area (Å²) in [5, 5.41) is 3.86. The van der Waals surface area contributed by atoms with E-state index in [1.165, 1.54) is 0 Å². The van der Waals surface area contributed by atoms with E-state index < -0.39 is 10.0 Å². The van der Waals surface area contributed by atoms with Gasteiger partial charge < -0.3 is 15.0 Å². The molecule has 0 radical (unpaired) electrons. The number of ether oxygens (including phenoxy) is 1. The van der Waals surface area contributed by atoms with Crippen LogP contribution in [0.3, 0.4) is 0 Å². The van der Waals surface area contributed by atoms with Gasteiger partial charge in [-0.15, -0.1) is 0 Å². The Balaban J connectivity index is 1.68. The number of hydrogen-bond donors (Lipinski definition) is 1. The van der Waals surface area contributed by atoms with Gasteiger partial charge in [0.25, 0.3) is 0 Å². The summed E-state index contributed by atoms with van der Waals surface area (Å²) < 4.78 is 32.5. The van der Waals surface area contributed by atoms with E-state index >= 15 is 0 Å². The standard InChI is InChI=1S/C18H27N3O3S2/c1-14-12-24-13-15(2)21(14)18(25)19-16-6-8-17(9-7-16)26(22,23)20-10-4-3-5-11-20/h6-9,14-15H,3-5,10-13H2,1-2H3,(H,19,25). The highest BCUT2D eigenvalue weighted by Gasteiger charge is 2.28. The van der Waals surface area contributed by atoms with E-state index in [1.54, 1.807) is 28.6 Å². The van der Waals surface area contributed by atoms with Crippen LogP contribution in [-0.2, 0) is 14.8 Å². The third-order valence-corrected chi connectivity index (χ3v) is 7.19. The van der Waals surface area contributed by atoms with Crippen molar-refractivity contribution in [3.8, 4) is 0 Å². The van der Waals surface area contributed by atoms with Crippen LogP contribution in [0.2, 0.25) is 0 Å². The van der Waals surface area contributed by atoms with Crippen molar-refractivity contribution in [3.63, 3.8) is 0 Å². The molecule has 1 aromatic carbocycles. The molecule has 0 aliphatic carbocycles. The van der Waals surface area contributed by atoms with E-state index in [2.05, 4.69) is 24.1 Å². The predicted molar refractivity (Wildman–Crippen MR) is 107 cm³/mol. The Kier molecular flexibility index (Phi) is 6.17. The van der Waals surface area contributed by atoms with Crippen LogP contribution in [0.5, 0.6) is 0 Å². The zero-order valence-electron chi connectivity index (χ0n) is 15.3. The van der Waals surface area contributed by atoms with Crippen molar-refractivity contribution in [1.29, 1.82) is 0 Å². The second-order valence-corrected chi connectivity index (χ2v) is 9.39. The lowest BCUT2D eigenvalue weighted by molar-refractivity contribution is 0.000571. The predicted octanol–water partition coefficient (Wildman–Crippen LogP) is 2.67. The van der Waals surface area contributed by atoms with Crippen LogP contribution in [-0.4, -0.2) is 61.1 Å². The van der Waals surface area contributed by atoms with E-state index in [1.807, 2.05) is 0 Å². The lowest BCUT2D eigenvalue weighted by atomic mass is 10.2. The third kappa shape index (κ3) is 4.19. The molecule has 2 fully saturated rings. The molecule has 8 heteroatoms. The molecule has 2 unspecified atom stereocenters. The van der Waals surface area contributed by atoms with Crippen LogP contribution in [0.25, 0.3) is 0 Å². The summed E-state index contributed by atoms with van der Waals surface area (Å²) in [6.45, 7) is 6.69.